The Bertz CT molecular complexity index is 738. The van der Waals surface area contributed by atoms with E-state index in [2.05, 4.69) is 31.9 Å². The van der Waals surface area contributed by atoms with Gasteiger partial charge in [0.05, 0.1) is 17.0 Å². The van der Waals surface area contributed by atoms with E-state index in [4.69, 9.17) is 9.84 Å². The van der Waals surface area contributed by atoms with Crippen LogP contribution in [-0.4, -0.2) is 22.1 Å². The molecule has 0 aliphatic carbocycles. The van der Waals surface area contributed by atoms with Crippen LogP contribution in [-0.2, 0) is 0 Å². The van der Waals surface area contributed by atoms with Crippen molar-refractivity contribution in [1.29, 1.82) is 0 Å². The van der Waals surface area contributed by atoms with Crippen molar-refractivity contribution in [3.8, 4) is 11.5 Å². The Morgan fingerprint density at radius 1 is 0.957 bits per heavy atom. The highest BCUT2D eigenvalue weighted by atomic mass is 79.9. The summed E-state index contributed by atoms with van der Waals surface area (Å²) in [6.07, 6.45) is 0. The van der Waals surface area contributed by atoms with Crippen LogP contribution >= 0.6 is 31.9 Å². The molecule has 2 aromatic carbocycles. The van der Waals surface area contributed by atoms with Crippen molar-refractivity contribution in [1.82, 2.24) is 0 Å². The van der Waals surface area contributed by atoms with E-state index in [0.717, 1.165) is 0 Å². The molecule has 0 atom stereocenters. The lowest BCUT2D eigenvalue weighted by molar-refractivity contribution is -0.386. The van der Waals surface area contributed by atoms with Gasteiger partial charge in [-0.3, -0.25) is 20.2 Å². The second-order valence-corrected chi connectivity index (χ2v) is 5.79. The number of nitrogens with zero attached hydrogens (tertiary/aromatic N) is 2. The van der Waals surface area contributed by atoms with Crippen molar-refractivity contribution in [2.75, 3.05) is 7.11 Å². The Balaban J connectivity index is 0.000000231. The minimum atomic E-state index is -0.639. The summed E-state index contributed by atoms with van der Waals surface area (Å²) in [6.45, 7) is 0. The molecule has 0 spiro atoms. The number of phenols is 1. The van der Waals surface area contributed by atoms with Crippen LogP contribution in [0.15, 0.2) is 45.3 Å². The molecule has 0 unspecified atom stereocenters. The molecule has 0 fully saturated rings. The number of aromatic hydroxyl groups is 1. The first-order valence-electron chi connectivity index (χ1n) is 5.87. The molecule has 1 N–H and O–H groups in total. The van der Waals surface area contributed by atoms with Crippen LogP contribution in [0.5, 0.6) is 11.5 Å². The molecule has 8 nitrogen and oxygen atoms in total. The predicted octanol–water partition coefficient (Wildman–Crippen LogP) is 4.43. The van der Waals surface area contributed by atoms with Gasteiger partial charge in [-0.05, 0) is 24.3 Å². The molecule has 0 saturated carbocycles. The lowest BCUT2D eigenvalue weighted by Crippen LogP contribution is -1.92. The molecule has 2 rings (SSSR count). The largest absolute Gasteiger partial charge is 0.502 e. The molecule has 0 aliphatic rings. The third-order valence-corrected chi connectivity index (χ3v) is 3.46. The van der Waals surface area contributed by atoms with Crippen molar-refractivity contribution in [2.45, 2.75) is 0 Å². The molecular formula is C13H10Br2N2O6. The zero-order valence-corrected chi connectivity index (χ0v) is 14.8. The number of phenolic OH excluding ortho intramolecular Hbond substituents is 1. The second kappa shape index (κ2) is 8.44. The Kier molecular flexibility index (Phi) is 6.91. The summed E-state index contributed by atoms with van der Waals surface area (Å²) in [5.74, 6) is -0.0543. The normalized spacial score (nSPS) is 9.52. The predicted molar refractivity (Wildman–Crippen MR) is 89.8 cm³/mol. The fraction of sp³-hybridized carbons (Fsp3) is 0.0769. The van der Waals surface area contributed by atoms with Gasteiger partial charge < -0.3 is 9.84 Å². The number of benzene rings is 2. The second-order valence-electron chi connectivity index (χ2n) is 3.96. The maximum Gasteiger partial charge on any atom is 0.312 e. The van der Waals surface area contributed by atoms with Crippen LogP contribution in [0.2, 0.25) is 0 Å². The average Bonchev–Trinajstić information content (AvgIpc) is 2.50. The number of halogens is 2. The Morgan fingerprint density at radius 3 is 1.87 bits per heavy atom. The van der Waals surface area contributed by atoms with E-state index >= 15 is 0 Å². The molecule has 0 saturated heterocycles. The van der Waals surface area contributed by atoms with E-state index in [0.29, 0.717) is 8.95 Å². The molecule has 122 valence electrons. The highest BCUT2D eigenvalue weighted by Gasteiger charge is 2.14. The lowest BCUT2D eigenvalue weighted by Gasteiger charge is -2.00. The van der Waals surface area contributed by atoms with Crippen LogP contribution in [0.1, 0.15) is 0 Å². The molecule has 23 heavy (non-hydrogen) atoms. The van der Waals surface area contributed by atoms with E-state index in [9.17, 15) is 20.2 Å². The quantitative estimate of drug-likeness (QED) is 0.547. The molecule has 0 heterocycles. The summed E-state index contributed by atoms with van der Waals surface area (Å²) >= 11 is 6.18. The van der Waals surface area contributed by atoms with Crippen LogP contribution in [0.3, 0.4) is 0 Å². The summed E-state index contributed by atoms with van der Waals surface area (Å²) in [4.78, 5) is 19.5. The first-order chi connectivity index (χ1) is 10.8. The Hall–Kier alpha value is -2.20. The van der Waals surface area contributed by atoms with Gasteiger partial charge in [-0.1, -0.05) is 31.9 Å². The van der Waals surface area contributed by atoms with Gasteiger partial charge in [0.15, 0.2) is 11.5 Å². The van der Waals surface area contributed by atoms with Gasteiger partial charge in [-0.15, -0.1) is 0 Å². The molecule has 0 amide bonds. The minimum Gasteiger partial charge on any atom is -0.502 e. The van der Waals surface area contributed by atoms with Gasteiger partial charge in [0.2, 0.25) is 0 Å². The summed E-state index contributed by atoms with van der Waals surface area (Å²) in [7, 11) is 1.40. The van der Waals surface area contributed by atoms with Crippen LogP contribution in [0, 0.1) is 20.2 Å². The van der Waals surface area contributed by atoms with Crippen molar-refractivity contribution >= 4 is 43.2 Å². The van der Waals surface area contributed by atoms with Crippen molar-refractivity contribution in [3.63, 3.8) is 0 Å². The number of hydrogen-bond acceptors (Lipinski definition) is 6. The maximum atomic E-state index is 10.4. The highest BCUT2D eigenvalue weighted by Crippen LogP contribution is 2.29. The highest BCUT2D eigenvalue weighted by molar-refractivity contribution is 9.10. The Morgan fingerprint density at radius 2 is 1.43 bits per heavy atom. The van der Waals surface area contributed by atoms with E-state index in [1.54, 1.807) is 12.1 Å². The maximum absolute atomic E-state index is 10.4. The third kappa shape index (κ3) is 5.49. The summed E-state index contributed by atoms with van der Waals surface area (Å²) in [5.41, 5.74) is -0.328. The summed E-state index contributed by atoms with van der Waals surface area (Å²) in [6, 6.07) is 8.67. The van der Waals surface area contributed by atoms with Crippen LogP contribution in [0.25, 0.3) is 0 Å². The average molecular weight is 450 g/mol. The van der Waals surface area contributed by atoms with Gasteiger partial charge in [0.1, 0.15) is 0 Å². The minimum absolute atomic E-state index is 0.0353. The molecule has 0 aliphatic heterocycles. The lowest BCUT2D eigenvalue weighted by atomic mass is 10.3. The van der Waals surface area contributed by atoms with Crippen LogP contribution < -0.4 is 4.74 Å². The van der Waals surface area contributed by atoms with Gasteiger partial charge in [0, 0.05) is 21.1 Å². The van der Waals surface area contributed by atoms with Crippen molar-refractivity contribution < 1.29 is 19.7 Å². The number of nitro groups is 2. The van der Waals surface area contributed by atoms with Crippen molar-refractivity contribution in [2.24, 2.45) is 0 Å². The third-order valence-electron chi connectivity index (χ3n) is 2.47. The van der Waals surface area contributed by atoms with Gasteiger partial charge in [-0.2, -0.15) is 0 Å². The van der Waals surface area contributed by atoms with E-state index in [1.165, 1.54) is 31.4 Å². The fourth-order valence-electron chi connectivity index (χ4n) is 1.45. The smallest absolute Gasteiger partial charge is 0.312 e. The van der Waals surface area contributed by atoms with Crippen LogP contribution in [0.4, 0.5) is 11.4 Å². The first kappa shape index (κ1) is 18.8. The number of methoxy groups -OCH3 is 1. The number of hydrogen-bond donors (Lipinski definition) is 1. The first-order valence-corrected chi connectivity index (χ1v) is 7.45. The SMILES string of the molecule is COc1ccc(Br)cc1[N+](=O)[O-].O=[N+]([O-])c1cc(Br)ccc1O. The fourth-order valence-corrected chi connectivity index (χ4v) is 2.15. The standard InChI is InChI=1S/C7H6BrNO3.C6H4BrNO3/c1-12-7-3-2-5(8)4-6(7)9(10)11;7-4-1-2-6(9)5(3-4)8(10)11/h2-4H,1H3;1-3,9H. The molecule has 0 aromatic heterocycles. The van der Waals surface area contributed by atoms with Gasteiger partial charge in [-0.25, -0.2) is 0 Å². The molecular weight excluding hydrogens is 440 g/mol. The molecule has 0 bridgehead atoms. The van der Waals surface area contributed by atoms with Crippen molar-refractivity contribution in [3.05, 3.63) is 65.6 Å². The summed E-state index contributed by atoms with van der Waals surface area (Å²) in [5, 5.41) is 29.6. The van der Waals surface area contributed by atoms with E-state index < -0.39 is 9.85 Å². The van der Waals surface area contributed by atoms with E-state index in [1.807, 2.05) is 0 Å². The number of nitro benzene ring substituents is 2. The van der Waals surface area contributed by atoms with Gasteiger partial charge >= 0.3 is 11.4 Å². The number of ether oxygens (including phenoxy) is 1. The number of rotatable bonds is 3. The molecule has 2 aromatic rings. The summed E-state index contributed by atoms with van der Waals surface area (Å²) < 4.78 is 6.03. The Labute approximate surface area is 147 Å². The monoisotopic (exact) mass is 448 g/mol. The van der Waals surface area contributed by atoms with E-state index in [-0.39, 0.29) is 22.9 Å². The zero-order chi connectivity index (χ0) is 17.6. The van der Waals surface area contributed by atoms with Gasteiger partial charge in [0.25, 0.3) is 0 Å². The topological polar surface area (TPSA) is 116 Å². The molecule has 10 heteroatoms. The zero-order valence-electron chi connectivity index (χ0n) is 11.6. The molecule has 0 radical (unpaired) electrons.